The van der Waals surface area contributed by atoms with Gasteiger partial charge in [0, 0.05) is 0 Å². The van der Waals surface area contributed by atoms with E-state index in [1.807, 2.05) is 13.8 Å². The van der Waals surface area contributed by atoms with Gasteiger partial charge in [0.25, 0.3) is 0 Å². The SMILES string of the molecule is CC(C)=C1C(=O)OC1=C1CCCC1. The molecule has 70 valence electrons. The van der Waals surface area contributed by atoms with Gasteiger partial charge in [-0.1, -0.05) is 5.57 Å². The summed E-state index contributed by atoms with van der Waals surface area (Å²) >= 11 is 0. The van der Waals surface area contributed by atoms with Crippen LogP contribution >= 0.6 is 0 Å². The van der Waals surface area contributed by atoms with E-state index in [0.29, 0.717) is 0 Å². The van der Waals surface area contributed by atoms with Crippen molar-refractivity contribution < 1.29 is 9.53 Å². The van der Waals surface area contributed by atoms with E-state index in [1.54, 1.807) is 0 Å². The van der Waals surface area contributed by atoms with Crippen molar-refractivity contribution in [2.24, 2.45) is 0 Å². The smallest absolute Gasteiger partial charge is 0.347 e. The van der Waals surface area contributed by atoms with Crippen LogP contribution in [-0.2, 0) is 9.53 Å². The van der Waals surface area contributed by atoms with E-state index in [1.165, 1.54) is 18.4 Å². The summed E-state index contributed by atoms with van der Waals surface area (Å²) in [7, 11) is 0. The molecule has 2 nitrogen and oxygen atoms in total. The molecule has 1 saturated carbocycles. The highest BCUT2D eigenvalue weighted by atomic mass is 16.6. The first kappa shape index (κ1) is 8.54. The van der Waals surface area contributed by atoms with E-state index in [-0.39, 0.29) is 5.97 Å². The average molecular weight is 178 g/mol. The first-order valence-corrected chi connectivity index (χ1v) is 4.82. The predicted molar refractivity (Wildman–Crippen MR) is 50.0 cm³/mol. The fourth-order valence-electron chi connectivity index (χ4n) is 1.95. The van der Waals surface area contributed by atoms with Crippen molar-refractivity contribution >= 4 is 5.97 Å². The van der Waals surface area contributed by atoms with Gasteiger partial charge in [0.1, 0.15) is 11.3 Å². The number of hydrogen-bond donors (Lipinski definition) is 0. The first-order chi connectivity index (χ1) is 6.20. The minimum absolute atomic E-state index is 0.144. The number of carbonyl (C=O) groups excluding carboxylic acids is 1. The van der Waals surface area contributed by atoms with Crippen LogP contribution in [0.2, 0.25) is 0 Å². The van der Waals surface area contributed by atoms with Crippen molar-refractivity contribution in [3.05, 3.63) is 22.5 Å². The summed E-state index contributed by atoms with van der Waals surface area (Å²) in [6.45, 7) is 3.93. The Bertz CT molecular complexity index is 309. The zero-order chi connectivity index (χ0) is 9.42. The topological polar surface area (TPSA) is 26.3 Å². The van der Waals surface area contributed by atoms with E-state index in [4.69, 9.17) is 4.74 Å². The largest absolute Gasteiger partial charge is 0.422 e. The van der Waals surface area contributed by atoms with Gasteiger partial charge in [-0.3, -0.25) is 0 Å². The minimum Gasteiger partial charge on any atom is -0.422 e. The maximum Gasteiger partial charge on any atom is 0.347 e. The molecule has 1 aliphatic heterocycles. The summed E-state index contributed by atoms with van der Waals surface area (Å²) in [6, 6.07) is 0. The number of carbonyl (C=O) groups is 1. The summed E-state index contributed by atoms with van der Waals surface area (Å²) in [6.07, 6.45) is 4.71. The zero-order valence-corrected chi connectivity index (χ0v) is 8.14. The second-order valence-electron chi connectivity index (χ2n) is 3.90. The maximum absolute atomic E-state index is 11.1. The summed E-state index contributed by atoms with van der Waals surface area (Å²) < 4.78 is 5.08. The van der Waals surface area contributed by atoms with Gasteiger partial charge in [-0.05, 0) is 45.1 Å². The third-order valence-corrected chi connectivity index (χ3v) is 2.65. The fourth-order valence-corrected chi connectivity index (χ4v) is 1.95. The van der Waals surface area contributed by atoms with Crippen LogP contribution in [0, 0.1) is 0 Å². The first-order valence-electron chi connectivity index (χ1n) is 4.82. The van der Waals surface area contributed by atoms with E-state index < -0.39 is 0 Å². The molecular formula is C11H14O2. The third kappa shape index (κ3) is 1.30. The van der Waals surface area contributed by atoms with Gasteiger partial charge in [0.15, 0.2) is 0 Å². The van der Waals surface area contributed by atoms with Crippen molar-refractivity contribution in [1.29, 1.82) is 0 Å². The molecule has 2 heteroatoms. The van der Waals surface area contributed by atoms with Crippen LogP contribution < -0.4 is 0 Å². The average Bonchev–Trinajstić information content (AvgIpc) is 2.50. The minimum atomic E-state index is -0.144. The normalized spacial score (nSPS) is 21.7. The van der Waals surface area contributed by atoms with Gasteiger partial charge in [-0.2, -0.15) is 0 Å². The standard InChI is InChI=1S/C11H14O2/c1-7(2)9-10(13-11(9)12)8-5-3-4-6-8/h3-6H2,1-2H3. The van der Waals surface area contributed by atoms with E-state index in [0.717, 1.165) is 29.7 Å². The number of cyclic esters (lactones) is 1. The van der Waals surface area contributed by atoms with Gasteiger partial charge in [0.2, 0.25) is 0 Å². The Hall–Kier alpha value is -1.05. The van der Waals surface area contributed by atoms with Crippen molar-refractivity contribution in [3.8, 4) is 0 Å². The van der Waals surface area contributed by atoms with Crippen LogP contribution in [0.15, 0.2) is 22.5 Å². The third-order valence-electron chi connectivity index (χ3n) is 2.65. The maximum atomic E-state index is 11.1. The molecule has 0 amide bonds. The van der Waals surface area contributed by atoms with E-state index >= 15 is 0 Å². The van der Waals surface area contributed by atoms with E-state index in [9.17, 15) is 4.79 Å². The lowest BCUT2D eigenvalue weighted by atomic mass is 9.99. The van der Waals surface area contributed by atoms with Crippen molar-refractivity contribution in [1.82, 2.24) is 0 Å². The Morgan fingerprint density at radius 1 is 1.23 bits per heavy atom. The molecule has 1 saturated heterocycles. The van der Waals surface area contributed by atoms with Crippen LogP contribution in [0.5, 0.6) is 0 Å². The lowest BCUT2D eigenvalue weighted by Crippen LogP contribution is -2.25. The van der Waals surface area contributed by atoms with Crippen molar-refractivity contribution in [2.45, 2.75) is 39.5 Å². The Kier molecular flexibility index (Phi) is 1.98. The molecule has 0 atom stereocenters. The van der Waals surface area contributed by atoms with Gasteiger partial charge in [-0.15, -0.1) is 0 Å². The zero-order valence-electron chi connectivity index (χ0n) is 8.14. The van der Waals surface area contributed by atoms with Crippen LogP contribution in [-0.4, -0.2) is 5.97 Å². The molecule has 0 unspecified atom stereocenters. The van der Waals surface area contributed by atoms with Gasteiger partial charge in [0.05, 0.1) is 0 Å². The Morgan fingerprint density at radius 3 is 2.31 bits per heavy atom. The second kappa shape index (κ2) is 3.02. The Balaban J connectivity index is 2.33. The lowest BCUT2D eigenvalue weighted by Gasteiger charge is -2.24. The molecule has 1 aliphatic carbocycles. The van der Waals surface area contributed by atoms with Crippen LogP contribution in [0.4, 0.5) is 0 Å². The summed E-state index contributed by atoms with van der Waals surface area (Å²) in [4.78, 5) is 11.1. The fraction of sp³-hybridized carbons (Fsp3) is 0.545. The lowest BCUT2D eigenvalue weighted by molar-refractivity contribution is -0.141. The van der Waals surface area contributed by atoms with Crippen LogP contribution in [0.1, 0.15) is 39.5 Å². The highest BCUT2D eigenvalue weighted by molar-refractivity contribution is 6.01. The molecule has 0 aromatic rings. The summed E-state index contributed by atoms with van der Waals surface area (Å²) in [5, 5.41) is 0. The molecule has 0 spiro atoms. The molecule has 2 rings (SSSR count). The number of allylic oxidation sites excluding steroid dienone is 2. The van der Waals surface area contributed by atoms with Gasteiger partial charge >= 0.3 is 5.97 Å². The Labute approximate surface area is 78.3 Å². The predicted octanol–water partition coefficient (Wildman–Crippen LogP) is 2.71. The van der Waals surface area contributed by atoms with Crippen LogP contribution in [0.25, 0.3) is 0 Å². The Morgan fingerprint density at radius 2 is 1.85 bits per heavy atom. The molecule has 13 heavy (non-hydrogen) atoms. The highest BCUT2D eigenvalue weighted by Gasteiger charge is 2.34. The quantitative estimate of drug-likeness (QED) is 0.421. The van der Waals surface area contributed by atoms with Gasteiger partial charge < -0.3 is 4.74 Å². The van der Waals surface area contributed by atoms with Crippen molar-refractivity contribution in [3.63, 3.8) is 0 Å². The van der Waals surface area contributed by atoms with Gasteiger partial charge in [-0.25, -0.2) is 4.79 Å². The molecule has 0 bridgehead atoms. The second-order valence-corrected chi connectivity index (χ2v) is 3.90. The summed E-state index contributed by atoms with van der Waals surface area (Å²) in [5.41, 5.74) is 3.25. The molecule has 0 aromatic carbocycles. The molecule has 0 radical (unpaired) electrons. The molecule has 0 aromatic heterocycles. The van der Waals surface area contributed by atoms with E-state index in [2.05, 4.69) is 0 Å². The molecule has 2 aliphatic rings. The highest BCUT2D eigenvalue weighted by Crippen LogP contribution is 2.37. The molecule has 2 fully saturated rings. The van der Waals surface area contributed by atoms with Crippen LogP contribution in [0.3, 0.4) is 0 Å². The number of esters is 1. The summed E-state index contributed by atoms with van der Waals surface area (Å²) in [5.74, 6) is 0.747. The number of rotatable bonds is 0. The molecular weight excluding hydrogens is 164 g/mol. The molecule has 0 N–H and O–H groups in total. The monoisotopic (exact) mass is 178 g/mol. The van der Waals surface area contributed by atoms with Crippen molar-refractivity contribution in [2.75, 3.05) is 0 Å². The molecule has 1 heterocycles. The number of hydrogen-bond acceptors (Lipinski definition) is 2. The number of ether oxygens (including phenoxy) is 1.